The minimum absolute atomic E-state index is 0.00945. The number of nitrogens with one attached hydrogen (secondary N) is 2. The van der Waals surface area contributed by atoms with Gasteiger partial charge in [-0.1, -0.05) is 48.2 Å². The van der Waals surface area contributed by atoms with E-state index in [1.54, 1.807) is 6.92 Å². The number of amidine groups is 1. The van der Waals surface area contributed by atoms with Crippen LogP contribution < -0.4 is 10.6 Å². The van der Waals surface area contributed by atoms with Crippen molar-refractivity contribution >= 4 is 40.1 Å². The molecule has 10 heteroatoms. The first-order valence-corrected chi connectivity index (χ1v) is 9.72. The molecule has 2 aromatic rings. The van der Waals surface area contributed by atoms with E-state index in [0.717, 1.165) is 29.5 Å². The van der Waals surface area contributed by atoms with E-state index >= 15 is 0 Å². The van der Waals surface area contributed by atoms with Crippen LogP contribution in [0.5, 0.6) is 0 Å². The van der Waals surface area contributed by atoms with Gasteiger partial charge in [0.1, 0.15) is 5.25 Å². The van der Waals surface area contributed by atoms with Gasteiger partial charge in [0.2, 0.25) is 11.8 Å². The van der Waals surface area contributed by atoms with Crippen molar-refractivity contribution < 1.29 is 22.8 Å². The molecule has 2 N–H and O–H groups in total. The van der Waals surface area contributed by atoms with E-state index in [1.165, 1.54) is 12.1 Å². The van der Waals surface area contributed by atoms with Crippen molar-refractivity contribution in [3.8, 4) is 0 Å². The highest BCUT2D eigenvalue weighted by atomic mass is 32.2. The second-order valence-electron chi connectivity index (χ2n) is 6.38. The van der Waals surface area contributed by atoms with Crippen molar-refractivity contribution in [3.63, 3.8) is 0 Å². The molecule has 1 heterocycles. The van der Waals surface area contributed by atoms with Crippen molar-refractivity contribution in [3.05, 3.63) is 65.7 Å². The van der Waals surface area contributed by atoms with E-state index in [1.807, 2.05) is 30.3 Å². The maximum Gasteiger partial charge on any atom is 0.416 e. The highest BCUT2D eigenvalue weighted by Crippen LogP contribution is 2.31. The summed E-state index contributed by atoms with van der Waals surface area (Å²) in [5.74, 6) is -0.988. The third-order valence-electron chi connectivity index (χ3n) is 4.10. The smallest absolute Gasteiger partial charge is 0.326 e. The van der Waals surface area contributed by atoms with E-state index in [-0.39, 0.29) is 17.3 Å². The molecule has 1 fully saturated rings. The molecule has 1 atom stereocenters. The summed E-state index contributed by atoms with van der Waals surface area (Å²) in [6, 6.07) is 13.7. The first-order chi connectivity index (χ1) is 14.2. The second-order valence-corrected chi connectivity index (χ2v) is 7.57. The molecule has 1 saturated heterocycles. The Bertz CT molecular complexity index is 1010. The minimum atomic E-state index is -4.51. The van der Waals surface area contributed by atoms with E-state index in [2.05, 4.69) is 20.8 Å². The Balaban J connectivity index is 1.60. The average Bonchev–Trinajstić information content (AvgIpc) is 3.05. The van der Waals surface area contributed by atoms with Gasteiger partial charge in [-0.15, -0.1) is 5.10 Å². The summed E-state index contributed by atoms with van der Waals surface area (Å²) in [7, 11) is 0. The summed E-state index contributed by atoms with van der Waals surface area (Å²) in [5.41, 5.74) is 0.682. The third-order valence-corrected chi connectivity index (χ3v) is 5.18. The Hall–Kier alpha value is -3.14. The number of rotatable bonds is 5. The molecule has 1 aliphatic rings. The number of hydrogen-bond acceptors (Lipinski definition) is 5. The number of amides is 2. The fourth-order valence-corrected chi connectivity index (χ4v) is 3.52. The van der Waals surface area contributed by atoms with Crippen molar-refractivity contribution in [1.82, 2.24) is 5.32 Å². The maximum atomic E-state index is 12.8. The summed E-state index contributed by atoms with van der Waals surface area (Å²) >= 11 is 1.04. The summed E-state index contributed by atoms with van der Waals surface area (Å²) in [4.78, 5) is 24.3. The van der Waals surface area contributed by atoms with Crippen molar-refractivity contribution in [2.24, 2.45) is 10.2 Å². The van der Waals surface area contributed by atoms with Gasteiger partial charge in [-0.25, -0.2) is 0 Å². The SMILES string of the molecule is C/C(=N/N=C1/NC(=O)C(CC(=O)Nc2cccc(C(F)(F)F)c2)S1)c1ccccc1. The Morgan fingerprint density at radius 2 is 1.90 bits per heavy atom. The van der Waals surface area contributed by atoms with Crippen LogP contribution in [0.25, 0.3) is 0 Å². The molecule has 6 nitrogen and oxygen atoms in total. The number of nitrogens with zero attached hydrogens (tertiary/aromatic N) is 2. The second kappa shape index (κ2) is 9.12. The number of hydrogen-bond donors (Lipinski definition) is 2. The summed E-state index contributed by atoms with van der Waals surface area (Å²) in [6.45, 7) is 1.78. The number of carbonyl (C=O) groups excluding carboxylic acids is 2. The summed E-state index contributed by atoms with van der Waals surface area (Å²) in [6.07, 6.45) is -4.72. The zero-order valence-corrected chi connectivity index (χ0v) is 16.6. The molecule has 0 spiro atoms. The largest absolute Gasteiger partial charge is 0.416 e. The normalized spacial score (nSPS) is 18.4. The molecule has 2 aromatic carbocycles. The van der Waals surface area contributed by atoms with E-state index in [9.17, 15) is 22.8 Å². The maximum absolute atomic E-state index is 12.8. The third kappa shape index (κ3) is 5.69. The van der Waals surface area contributed by atoms with Gasteiger partial charge in [-0.05, 0) is 30.7 Å². The lowest BCUT2D eigenvalue weighted by molar-refractivity contribution is -0.137. The lowest BCUT2D eigenvalue weighted by Crippen LogP contribution is -2.28. The van der Waals surface area contributed by atoms with Gasteiger partial charge in [-0.2, -0.15) is 18.3 Å². The van der Waals surface area contributed by atoms with Crippen LogP contribution in [-0.4, -0.2) is 27.9 Å². The fourth-order valence-electron chi connectivity index (χ4n) is 2.60. The monoisotopic (exact) mass is 434 g/mol. The number of anilines is 1. The van der Waals surface area contributed by atoms with E-state index in [0.29, 0.717) is 5.71 Å². The number of halogens is 3. The van der Waals surface area contributed by atoms with Gasteiger partial charge >= 0.3 is 6.18 Å². The Labute approximate surface area is 174 Å². The van der Waals surface area contributed by atoms with Crippen LogP contribution in [0.3, 0.4) is 0 Å². The van der Waals surface area contributed by atoms with Gasteiger partial charge in [0.05, 0.1) is 11.3 Å². The molecule has 156 valence electrons. The van der Waals surface area contributed by atoms with E-state index in [4.69, 9.17) is 0 Å². The molecule has 0 bridgehead atoms. The quantitative estimate of drug-likeness (QED) is 0.550. The number of benzene rings is 2. The van der Waals surface area contributed by atoms with Crippen molar-refractivity contribution in [1.29, 1.82) is 0 Å². The molecule has 0 radical (unpaired) electrons. The Morgan fingerprint density at radius 3 is 2.60 bits per heavy atom. The topological polar surface area (TPSA) is 82.9 Å². The van der Waals surface area contributed by atoms with Gasteiger partial charge < -0.3 is 10.6 Å². The first kappa shape index (κ1) is 21.6. The molecule has 2 amide bonds. The predicted molar refractivity (Wildman–Crippen MR) is 110 cm³/mol. The number of alkyl halides is 3. The zero-order chi connectivity index (χ0) is 21.7. The summed E-state index contributed by atoms with van der Waals surface area (Å²) in [5, 5.41) is 12.5. The molecule has 0 saturated carbocycles. The van der Waals surface area contributed by atoms with Gasteiger partial charge in [0, 0.05) is 12.1 Å². The number of thioether (sulfide) groups is 1. The standard InChI is InChI=1S/C20H17F3N4O2S/c1-12(13-6-3-2-4-7-13)26-27-19-25-18(29)16(30-19)11-17(28)24-15-9-5-8-14(10-15)20(21,22)23/h2-10,16H,11H2,1H3,(H,24,28)(H,25,27,29)/b26-12-. The highest BCUT2D eigenvalue weighted by molar-refractivity contribution is 8.15. The first-order valence-electron chi connectivity index (χ1n) is 8.84. The summed E-state index contributed by atoms with van der Waals surface area (Å²) < 4.78 is 38.3. The number of carbonyl (C=O) groups is 2. The average molecular weight is 434 g/mol. The van der Waals surface area contributed by atoms with Crippen LogP contribution in [0, 0.1) is 0 Å². The molecule has 3 rings (SSSR count). The molecular formula is C20H17F3N4O2S. The van der Waals surface area contributed by atoms with Crippen molar-refractivity contribution in [2.45, 2.75) is 24.8 Å². The Kier molecular flexibility index (Phi) is 6.56. The van der Waals surface area contributed by atoms with Gasteiger partial charge in [0.25, 0.3) is 0 Å². The molecule has 0 aromatic heterocycles. The van der Waals surface area contributed by atoms with Gasteiger partial charge in [-0.3, -0.25) is 9.59 Å². The predicted octanol–water partition coefficient (Wildman–Crippen LogP) is 4.05. The minimum Gasteiger partial charge on any atom is -0.326 e. The van der Waals surface area contributed by atoms with Crippen LogP contribution in [0.4, 0.5) is 18.9 Å². The molecular weight excluding hydrogens is 417 g/mol. The van der Waals surface area contributed by atoms with Gasteiger partial charge in [0.15, 0.2) is 5.17 Å². The lowest BCUT2D eigenvalue weighted by Gasteiger charge is -2.10. The van der Waals surface area contributed by atoms with Crippen LogP contribution in [0.2, 0.25) is 0 Å². The fraction of sp³-hybridized carbons (Fsp3) is 0.200. The molecule has 1 unspecified atom stereocenters. The van der Waals surface area contributed by atoms with Crippen LogP contribution in [-0.2, 0) is 15.8 Å². The lowest BCUT2D eigenvalue weighted by atomic mass is 10.1. The molecule has 0 aliphatic carbocycles. The van der Waals surface area contributed by atoms with Crippen molar-refractivity contribution in [2.75, 3.05) is 5.32 Å². The molecule has 30 heavy (non-hydrogen) atoms. The zero-order valence-electron chi connectivity index (χ0n) is 15.7. The van der Waals surface area contributed by atoms with Crippen LogP contribution >= 0.6 is 11.8 Å². The van der Waals surface area contributed by atoms with Crippen LogP contribution in [0.15, 0.2) is 64.8 Å². The Morgan fingerprint density at radius 1 is 1.17 bits per heavy atom. The van der Waals surface area contributed by atoms with Crippen LogP contribution in [0.1, 0.15) is 24.5 Å². The molecule has 1 aliphatic heterocycles. The highest BCUT2D eigenvalue weighted by Gasteiger charge is 2.33. The van der Waals surface area contributed by atoms with E-state index < -0.39 is 28.8 Å².